The van der Waals surface area contributed by atoms with Gasteiger partial charge < -0.3 is 14.6 Å². The highest BCUT2D eigenvalue weighted by Crippen LogP contribution is 2.34. The van der Waals surface area contributed by atoms with Crippen molar-refractivity contribution in [2.45, 2.75) is 52.1 Å². The van der Waals surface area contributed by atoms with Gasteiger partial charge in [-0.2, -0.15) is 13.2 Å². The summed E-state index contributed by atoms with van der Waals surface area (Å²) in [6.07, 6.45) is -3.83. The number of aromatic nitrogens is 1. The Morgan fingerprint density at radius 1 is 1.28 bits per heavy atom. The third-order valence-electron chi connectivity index (χ3n) is 3.40. The van der Waals surface area contributed by atoms with Crippen LogP contribution in [0.3, 0.4) is 0 Å². The summed E-state index contributed by atoms with van der Waals surface area (Å²) in [5, 5.41) is 2.97. The summed E-state index contributed by atoms with van der Waals surface area (Å²) in [6.45, 7) is 7.09. The van der Waals surface area contributed by atoms with E-state index in [0.717, 1.165) is 12.1 Å². The number of benzene rings is 1. The van der Waals surface area contributed by atoms with E-state index in [0.29, 0.717) is 5.39 Å². The molecule has 0 saturated heterocycles. The SMILES string of the molecule is C[C@@H](Cn1ccc2cc(F)c(C(F)(F)F)cc21)NC(=O)OC(C)(C)C. The number of carbonyl (C=O) groups is 1. The predicted molar refractivity (Wildman–Crippen MR) is 85.7 cm³/mol. The van der Waals surface area contributed by atoms with Gasteiger partial charge in [-0.05, 0) is 45.9 Å². The average molecular weight is 360 g/mol. The van der Waals surface area contributed by atoms with Crippen LogP contribution in [-0.2, 0) is 17.5 Å². The van der Waals surface area contributed by atoms with E-state index in [1.807, 2.05) is 0 Å². The number of hydrogen-bond acceptors (Lipinski definition) is 2. The zero-order chi connectivity index (χ0) is 19.0. The number of fused-ring (bicyclic) bond motifs is 1. The van der Waals surface area contributed by atoms with Crippen LogP contribution < -0.4 is 5.32 Å². The number of halogens is 4. The third-order valence-corrected chi connectivity index (χ3v) is 3.40. The van der Waals surface area contributed by atoms with E-state index in [2.05, 4.69) is 5.32 Å². The van der Waals surface area contributed by atoms with Crippen molar-refractivity contribution in [3.63, 3.8) is 0 Å². The molecule has 1 atom stereocenters. The Morgan fingerprint density at radius 3 is 2.48 bits per heavy atom. The number of hydrogen-bond donors (Lipinski definition) is 1. The van der Waals surface area contributed by atoms with Crippen LogP contribution in [-0.4, -0.2) is 22.3 Å². The van der Waals surface area contributed by atoms with E-state index in [-0.39, 0.29) is 12.1 Å². The molecule has 2 aromatic rings. The standard InChI is InChI=1S/C17H20F4N2O2/c1-10(22-15(24)25-16(2,3)4)9-23-6-5-11-7-13(18)12(8-14(11)23)17(19,20)21/h5-8,10H,9H2,1-4H3,(H,22,24)/t10-/m0/s1. The van der Waals surface area contributed by atoms with Gasteiger partial charge in [0.1, 0.15) is 11.4 Å². The molecule has 0 fully saturated rings. The van der Waals surface area contributed by atoms with Crippen molar-refractivity contribution < 1.29 is 27.1 Å². The van der Waals surface area contributed by atoms with Gasteiger partial charge in [-0.1, -0.05) is 0 Å². The first-order valence-electron chi connectivity index (χ1n) is 7.72. The summed E-state index contributed by atoms with van der Waals surface area (Å²) in [6, 6.07) is 2.77. The van der Waals surface area contributed by atoms with Crippen molar-refractivity contribution in [1.82, 2.24) is 9.88 Å². The molecule has 0 spiro atoms. The first-order valence-corrected chi connectivity index (χ1v) is 7.72. The molecule has 1 heterocycles. The van der Waals surface area contributed by atoms with E-state index >= 15 is 0 Å². The Kier molecular flexibility index (Phi) is 5.02. The molecule has 1 amide bonds. The summed E-state index contributed by atoms with van der Waals surface area (Å²) in [4.78, 5) is 11.8. The average Bonchev–Trinajstić information content (AvgIpc) is 2.76. The Balaban J connectivity index is 2.20. The van der Waals surface area contributed by atoms with Crippen molar-refractivity contribution in [2.75, 3.05) is 0 Å². The second-order valence-electron chi connectivity index (χ2n) is 6.90. The maximum absolute atomic E-state index is 13.6. The molecule has 25 heavy (non-hydrogen) atoms. The van der Waals surface area contributed by atoms with Gasteiger partial charge in [0.05, 0.1) is 5.56 Å². The molecule has 0 bridgehead atoms. The summed E-state index contributed by atoms with van der Waals surface area (Å²) >= 11 is 0. The maximum Gasteiger partial charge on any atom is 0.419 e. The topological polar surface area (TPSA) is 43.3 Å². The number of alkyl carbamates (subject to hydrolysis) is 1. The Hall–Kier alpha value is -2.25. The first kappa shape index (κ1) is 19.1. The zero-order valence-electron chi connectivity index (χ0n) is 14.4. The maximum atomic E-state index is 13.6. The third kappa shape index (κ3) is 4.87. The number of carbonyl (C=O) groups excluding carboxylic acids is 1. The van der Waals surface area contributed by atoms with Crippen LogP contribution in [0.4, 0.5) is 22.4 Å². The van der Waals surface area contributed by atoms with Crippen LogP contribution >= 0.6 is 0 Å². The lowest BCUT2D eigenvalue weighted by molar-refractivity contribution is -0.139. The van der Waals surface area contributed by atoms with Crippen molar-refractivity contribution in [2.24, 2.45) is 0 Å². The second-order valence-corrected chi connectivity index (χ2v) is 6.90. The molecule has 1 N–H and O–H groups in total. The predicted octanol–water partition coefficient (Wildman–Crippen LogP) is 4.71. The number of nitrogens with one attached hydrogen (secondary N) is 1. The lowest BCUT2D eigenvalue weighted by atomic mass is 10.1. The summed E-state index contributed by atoms with van der Waals surface area (Å²) in [5.74, 6) is -1.31. The highest BCUT2D eigenvalue weighted by molar-refractivity contribution is 5.81. The Morgan fingerprint density at radius 2 is 1.92 bits per heavy atom. The van der Waals surface area contributed by atoms with Gasteiger partial charge in [-0.15, -0.1) is 0 Å². The molecule has 0 aliphatic rings. The molecule has 0 unspecified atom stereocenters. The van der Waals surface area contributed by atoms with E-state index in [1.165, 1.54) is 10.6 Å². The van der Waals surface area contributed by atoms with E-state index in [4.69, 9.17) is 4.74 Å². The Labute approximate surface area is 142 Å². The molecule has 1 aromatic carbocycles. The molecule has 8 heteroatoms. The lowest BCUT2D eigenvalue weighted by Gasteiger charge is -2.22. The lowest BCUT2D eigenvalue weighted by Crippen LogP contribution is -2.39. The number of amides is 1. The summed E-state index contributed by atoms with van der Waals surface area (Å²) in [7, 11) is 0. The molecule has 0 aliphatic heterocycles. The molecule has 0 saturated carbocycles. The monoisotopic (exact) mass is 360 g/mol. The van der Waals surface area contributed by atoms with Crippen molar-refractivity contribution in [3.05, 3.63) is 35.8 Å². The highest BCUT2D eigenvalue weighted by atomic mass is 19.4. The van der Waals surface area contributed by atoms with E-state index < -0.39 is 35.3 Å². The molecule has 138 valence electrons. The van der Waals surface area contributed by atoms with Crippen molar-refractivity contribution in [1.29, 1.82) is 0 Å². The number of nitrogens with zero attached hydrogens (tertiary/aromatic N) is 1. The van der Waals surface area contributed by atoms with Gasteiger partial charge in [-0.3, -0.25) is 0 Å². The molecule has 1 aromatic heterocycles. The van der Waals surface area contributed by atoms with Crippen LogP contribution in [0.5, 0.6) is 0 Å². The molecular formula is C17H20F4N2O2. The minimum atomic E-state index is -4.77. The number of ether oxygens (including phenoxy) is 1. The quantitative estimate of drug-likeness (QED) is 0.806. The molecular weight excluding hydrogens is 340 g/mol. The normalized spacial score (nSPS) is 13.8. The van der Waals surface area contributed by atoms with Crippen molar-refractivity contribution in [3.8, 4) is 0 Å². The van der Waals surface area contributed by atoms with E-state index in [9.17, 15) is 22.4 Å². The zero-order valence-corrected chi connectivity index (χ0v) is 14.4. The van der Waals surface area contributed by atoms with Gasteiger partial charge in [0.25, 0.3) is 0 Å². The van der Waals surface area contributed by atoms with Crippen LogP contribution in [0.15, 0.2) is 24.4 Å². The Bertz CT molecular complexity index is 775. The highest BCUT2D eigenvalue weighted by Gasteiger charge is 2.34. The van der Waals surface area contributed by atoms with Gasteiger partial charge in [-0.25, -0.2) is 9.18 Å². The van der Waals surface area contributed by atoms with Crippen LogP contribution in [0.2, 0.25) is 0 Å². The molecule has 0 aliphatic carbocycles. The van der Waals surface area contributed by atoms with Gasteiger partial charge in [0.15, 0.2) is 0 Å². The summed E-state index contributed by atoms with van der Waals surface area (Å²) in [5.41, 5.74) is -1.72. The fourth-order valence-corrected chi connectivity index (χ4v) is 2.44. The molecule has 4 nitrogen and oxygen atoms in total. The fraction of sp³-hybridized carbons (Fsp3) is 0.471. The minimum Gasteiger partial charge on any atom is -0.444 e. The van der Waals surface area contributed by atoms with Crippen LogP contribution in [0.25, 0.3) is 10.9 Å². The van der Waals surface area contributed by atoms with Crippen LogP contribution in [0.1, 0.15) is 33.3 Å². The molecule has 2 rings (SSSR count). The van der Waals surface area contributed by atoms with E-state index in [1.54, 1.807) is 33.9 Å². The first-order chi connectivity index (χ1) is 11.4. The van der Waals surface area contributed by atoms with Crippen molar-refractivity contribution >= 4 is 17.0 Å². The fourth-order valence-electron chi connectivity index (χ4n) is 2.44. The smallest absolute Gasteiger partial charge is 0.419 e. The van der Waals surface area contributed by atoms with Gasteiger partial charge in [0.2, 0.25) is 0 Å². The minimum absolute atomic E-state index is 0.214. The number of alkyl halides is 3. The van der Waals surface area contributed by atoms with Crippen LogP contribution in [0, 0.1) is 5.82 Å². The largest absolute Gasteiger partial charge is 0.444 e. The van der Waals surface area contributed by atoms with Gasteiger partial charge in [0, 0.05) is 29.7 Å². The number of rotatable bonds is 3. The van der Waals surface area contributed by atoms with Gasteiger partial charge >= 0.3 is 12.3 Å². The summed E-state index contributed by atoms with van der Waals surface area (Å²) < 4.78 is 58.9. The second kappa shape index (κ2) is 6.57. The molecule has 0 radical (unpaired) electrons.